The third kappa shape index (κ3) is 3.05. The average Bonchev–Trinajstić information content (AvgIpc) is 2.99. The van der Waals surface area contributed by atoms with Crippen molar-refractivity contribution >= 4 is 11.8 Å². The number of rotatable bonds is 4. The summed E-state index contributed by atoms with van der Waals surface area (Å²) in [4.78, 5) is 24.2. The standard InChI is InChI=1S/C24H38O4/c1-14(4-7-22(27)28)17-5-6-18-16-13-21(26)20-12-15(25)8-10-24(20,3)19(16)9-11-23(17,18)2/h14-20,25H,4-13H2,1-3H3,(H,27,28)/t14-,15-,16+,17-,18+,19+,20?,23-,24-/m1/s1. The number of fused-ring (bicyclic) bond motifs is 5. The Morgan fingerprint density at radius 2 is 1.79 bits per heavy atom. The highest BCUT2D eigenvalue weighted by atomic mass is 16.4. The summed E-state index contributed by atoms with van der Waals surface area (Å²) in [5, 5.41) is 19.2. The van der Waals surface area contributed by atoms with Gasteiger partial charge in [-0.15, -0.1) is 0 Å². The van der Waals surface area contributed by atoms with Gasteiger partial charge >= 0.3 is 5.97 Å². The van der Waals surface area contributed by atoms with E-state index in [1.165, 1.54) is 25.7 Å². The van der Waals surface area contributed by atoms with E-state index in [1.807, 2.05) is 0 Å². The van der Waals surface area contributed by atoms with E-state index in [0.29, 0.717) is 48.2 Å². The zero-order valence-electron chi connectivity index (χ0n) is 17.8. The number of carbonyl (C=O) groups excluding carboxylic acids is 1. The molecule has 0 amide bonds. The quantitative estimate of drug-likeness (QED) is 0.730. The number of ketones is 1. The van der Waals surface area contributed by atoms with Crippen molar-refractivity contribution in [3.63, 3.8) is 0 Å². The number of aliphatic hydroxyl groups excluding tert-OH is 1. The molecule has 0 bridgehead atoms. The summed E-state index contributed by atoms with van der Waals surface area (Å²) in [5.74, 6) is 2.54. The van der Waals surface area contributed by atoms with Crippen LogP contribution in [0.2, 0.25) is 0 Å². The molecule has 0 aliphatic heterocycles. The van der Waals surface area contributed by atoms with Gasteiger partial charge in [-0.3, -0.25) is 9.59 Å². The number of aliphatic carboxylic acids is 1. The minimum absolute atomic E-state index is 0.0635. The van der Waals surface area contributed by atoms with E-state index in [1.54, 1.807) is 0 Å². The van der Waals surface area contributed by atoms with Crippen LogP contribution < -0.4 is 0 Å². The lowest BCUT2D eigenvalue weighted by Gasteiger charge is -2.60. The first-order chi connectivity index (χ1) is 13.2. The van der Waals surface area contributed by atoms with Crippen LogP contribution in [0.4, 0.5) is 0 Å². The molecular weight excluding hydrogens is 352 g/mol. The van der Waals surface area contributed by atoms with Crippen molar-refractivity contribution in [2.45, 2.75) is 91.1 Å². The summed E-state index contributed by atoms with van der Waals surface area (Å²) in [6.07, 6.45) is 8.80. The van der Waals surface area contributed by atoms with Gasteiger partial charge in [-0.05, 0) is 91.8 Å². The van der Waals surface area contributed by atoms with Gasteiger partial charge in [0.05, 0.1) is 6.10 Å². The second kappa shape index (κ2) is 7.11. The summed E-state index contributed by atoms with van der Waals surface area (Å²) in [5.41, 5.74) is 0.338. The van der Waals surface area contributed by atoms with Crippen LogP contribution in [0, 0.1) is 46.3 Å². The van der Waals surface area contributed by atoms with Gasteiger partial charge in [0, 0.05) is 18.8 Å². The van der Waals surface area contributed by atoms with Crippen molar-refractivity contribution in [3.8, 4) is 0 Å². The van der Waals surface area contributed by atoms with E-state index >= 15 is 0 Å². The SMILES string of the molecule is C[C@H](CCC(=O)O)[C@H]1CC[C@H]2[C@@H]3CC(=O)C4C[C@H](O)CC[C@]4(C)[C@H]3CC[C@]12C. The summed E-state index contributed by atoms with van der Waals surface area (Å²) in [7, 11) is 0. The van der Waals surface area contributed by atoms with Gasteiger partial charge in [-0.25, -0.2) is 0 Å². The molecule has 4 saturated carbocycles. The van der Waals surface area contributed by atoms with Crippen LogP contribution in [0.3, 0.4) is 0 Å². The lowest BCUT2D eigenvalue weighted by atomic mass is 9.44. The van der Waals surface area contributed by atoms with E-state index in [0.717, 1.165) is 19.3 Å². The highest BCUT2D eigenvalue weighted by Gasteiger charge is 2.62. The highest BCUT2D eigenvalue weighted by molar-refractivity contribution is 5.83. The topological polar surface area (TPSA) is 74.6 Å². The van der Waals surface area contributed by atoms with Crippen LogP contribution >= 0.6 is 0 Å². The fourth-order valence-corrected chi connectivity index (χ4v) is 8.55. The van der Waals surface area contributed by atoms with E-state index in [9.17, 15) is 14.7 Å². The molecule has 0 aromatic heterocycles. The fraction of sp³-hybridized carbons (Fsp3) is 0.917. The van der Waals surface area contributed by atoms with Crippen LogP contribution in [0.5, 0.6) is 0 Å². The molecule has 0 heterocycles. The Bertz CT molecular complexity index is 645. The van der Waals surface area contributed by atoms with Crippen LogP contribution in [-0.2, 0) is 9.59 Å². The Balaban J connectivity index is 1.55. The molecule has 158 valence electrons. The smallest absolute Gasteiger partial charge is 0.303 e. The molecule has 4 nitrogen and oxygen atoms in total. The third-order valence-electron chi connectivity index (χ3n) is 10.0. The van der Waals surface area contributed by atoms with Gasteiger partial charge in [-0.2, -0.15) is 0 Å². The molecule has 0 radical (unpaired) electrons. The molecule has 1 unspecified atom stereocenters. The molecule has 4 aliphatic carbocycles. The first-order valence-corrected chi connectivity index (χ1v) is 11.6. The Labute approximate surface area is 169 Å². The molecule has 4 aliphatic rings. The Kier molecular flexibility index (Phi) is 5.17. The van der Waals surface area contributed by atoms with Crippen LogP contribution in [0.25, 0.3) is 0 Å². The second-order valence-corrected chi connectivity index (χ2v) is 11.2. The van der Waals surface area contributed by atoms with Crippen LogP contribution in [0.1, 0.15) is 85.0 Å². The van der Waals surface area contributed by atoms with Crippen molar-refractivity contribution in [1.82, 2.24) is 0 Å². The Hall–Kier alpha value is -0.900. The number of hydrogen-bond donors (Lipinski definition) is 2. The lowest BCUT2D eigenvalue weighted by Crippen LogP contribution is -2.57. The maximum absolute atomic E-state index is 13.1. The first-order valence-electron chi connectivity index (χ1n) is 11.6. The van der Waals surface area contributed by atoms with Crippen molar-refractivity contribution in [1.29, 1.82) is 0 Å². The van der Waals surface area contributed by atoms with Crippen LogP contribution in [0.15, 0.2) is 0 Å². The molecule has 0 saturated heterocycles. The van der Waals surface area contributed by atoms with Gasteiger partial charge < -0.3 is 10.2 Å². The predicted molar refractivity (Wildman–Crippen MR) is 108 cm³/mol. The van der Waals surface area contributed by atoms with E-state index in [-0.39, 0.29) is 29.3 Å². The van der Waals surface area contributed by atoms with E-state index in [4.69, 9.17) is 5.11 Å². The van der Waals surface area contributed by atoms with Gasteiger partial charge in [0.1, 0.15) is 5.78 Å². The molecular formula is C24H38O4. The molecule has 0 aromatic carbocycles. The number of hydrogen-bond acceptors (Lipinski definition) is 3. The molecule has 9 atom stereocenters. The molecule has 0 aromatic rings. The predicted octanol–water partition coefficient (Wildman–Crippen LogP) is 4.69. The van der Waals surface area contributed by atoms with Gasteiger partial charge in [-0.1, -0.05) is 20.8 Å². The third-order valence-corrected chi connectivity index (χ3v) is 10.0. The molecule has 4 fully saturated rings. The van der Waals surface area contributed by atoms with Gasteiger partial charge in [0.25, 0.3) is 0 Å². The van der Waals surface area contributed by atoms with E-state index in [2.05, 4.69) is 20.8 Å². The van der Waals surface area contributed by atoms with Crippen molar-refractivity contribution in [2.24, 2.45) is 46.3 Å². The highest BCUT2D eigenvalue weighted by Crippen LogP contribution is 2.67. The zero-order valence-corrected chi connectivity index (χ0v) is 17.8. The summed E-state index contributed by atoms with van der Waals surface area (Å²) in [6.45, 7) is 7.05. The zero-order chi connectivity index (χ0) is 20.3. The molecule has 0 spiro atoms. The van der Waals surface area contributed by atoms with Gasteiger partial charge in [0.15, 0.2) is 0 Å². The lowest BCUT2D eigenvalue weighted by molar-refractivity contribution is -0.160. The minimum atomic E-state index is -0.688. The molecule has 2 N–H and O–H groups in total. The van der Waals surface area contributed by atoms with E-state index < -0.39 is 5.97 Å². The molecule has 4 heteroatoms. The summed E-state index contributed by atoms with van der Waals surface area (Å²) in [6, 6.07) is 0. The largest absolute Gasteiger partial charge is 0.481 e. The number of carbonyl (C=O) groups is 2. The number of carboxylic acids is 1. The summed E-state index contributed by atoms with van der Waals surface area (Å²) < 4.78 is 0. The fourth-order valence-electron chi connectivity index (χ4n) is 8.55. The minimum Gasteiger partial charge on any atom is -0.481 e. The van der Waals surface area contributed by atoms with Crippen molar-refractivity contribution in [2.75, 3.05) is 0 Å². The van der Waals surface area contributed by atoms with Crippen molar-refractivity contribution in [3.05, 3.63) is 0 Å². The normalized spacial score (nSPS) is 49.1. The Morgan fingerprint density at radius 3 is 2.50 bits per heavy atom. The monoisotopic (exact) mass is 390 g/mol. The average molecular weight is 391 g/mol. The Morgan fingerprint density at radius 1 is 1.11 bits per heavy atom. The number of carboxylic acid groups (broad SMARTS) is 1. The maximum atomic E-state index is 13.1. The van der Waals surface area contributed by atoms with Crippen LogP contribution in [-0.4, -0.2) is 28.1 Å². The first kappa shape index (κ1) is 20.4. The molecule has 4 rings (SSSR count). The van der Waals surface area contributed by atoms with Crippen molar-refractivity contribution < 1.29 is 19.8 Å². The number of Topliss-reactive ketones (excluding diaryl/α,β-unsaturated/α-hetero) is 1. The van der Waals surface area contributed by atoms with Gasteiger partial charge in [0.2, 0.25) is 0 Å². The number of aliphatic hydroxyl groups is 1. The maximum Gasteiger partial charge on any atom is 0.303 e. The summed E-state index contributed by atoms with van der Waals surface area (Å²) >= 11 is 0. The second-order valence-electron chi connectivity index (χ2n) is 11.2. The molecule has 28 heavy (non-hydrogen) atoms.